The topological polar surface area (TPSA) is 30.3 Å². The summed E-state index contributed by atoms with van der Waals surface area (Å²) in [6, 6.07) is 10.6. The first-order valence-corrected chi connectivity index (χ1v) is 8.78. The van der Waals surface area contributed by atoms with E-state index < -0.39 is 0 Å². The zero-order chi connectivity index (χ0) is 15.2. The van der Waals surface area contributed by atoms with Gasteiger partial charge in [-0.2, -0.15) is 0 Å². The van der Waals surface area contributed by atoms with Gasteiger partial charge in [0.05, 0.1) is 18.8 Å². The van der Waals surface area contributed by atoms with Crippen LogP contribution in [0.5, 0.6) is 0 Å². The standard InChI is InChI=1S/C19H23N3O/c1-2-4-14(5-3-1)10-22-9-8-20-19(22)13-21-11-15-16(12-21)18-7-6-17(15)23-18/h1-5,8-9,15-18H,6-7,10-13H2/t15-,16+,17-,18-/m0/s1. The molecule has 0 amide bonds. The predicted molar refractivity (Wildman–Crippen MR) is 87.9 cm³/mol. The second-order valence-electron chi connectivity index (χ2n) is 7.27. The van der Waals surface area contributed by atoms with Gasteiger partial charge < -0.3 is 9.30 Å². The fourth-order valence-corrected chi connectivity index (χ4v) is 4.79. The number of likely N-dealkylation sites (tertiary alicyclic amines) is 1. The number of rotatable bonds is 4. The number of imidazole rings is 1. The molecule has 2 bridgehead atoms. The van der Waals surface area contributed by atoms with Crippen LogP contribution in [0.1, 0.15) is 24.2 Å². The van der Waals surface area contributed by atoms with Gasteiger partial charge in [0, 0.05) is 43.9 Å². The lowest BCUT2D eigenvalue weighted by Crippen LogP contribution is -2.26. The molecule has 1 aromatic carbocycles. The number of aromatic nitrogens is 2. The monoisotopic (exact) mass is 309 g/mol. The van der Waals surface area contributed by atoms with Crippen molar-refractivity contribution >= 4 is 0 Å². The summed E-state index contributed by atoms with van der Waals surface area (Å²) in [5, 5.41) is 0. The zero-order valence-corrected chi connectivity index (χ0v) is 13.3. The van der Waals surface area contributed by atoms with Crippen molar-refractivity contribution < 1.29 is 4.74 Å². The van der Waals surface area contributed by atoms with Crippen LogP contribution in [0.3, 0.4) is 0 Å². The fraction of sp³-hybridized carbons (Fsp3) is 0.526. The van der Waals surface area contributed by atoms with Gasteiger partial charge in [0.15, 0.2) is 0 Å². The van der Waals surface area contributed by atoms with Crippen LogP contribution < -0.4 is 0 Å². The molecular formula is C19H23N3O. The molecule has 0 aliphatic carbocycles. The van der Waals surface area contributed by atoms with Crippen LogP contribution >= 0.6 is 0 Å². The average molecular weight is 309 g/mol. The lowest BCUT2D eigenvalue weighted by molar-refractivity contribution is 0.0692. The Kier molecular flexibility index (Phi) is 3.27. The third-order valence-corrected chi connectivity index (χ3v) is 5.89. The van der Waals surface area contributed by atoms with E-state index in [-0.39, 0.29) is 0 Å². The third kappa shape index (κ3) is 2.41. The van der Waals surface area contributed by atoms with Gasteiger partial charge >= 0.3 is 0 Å². The van der Waals surface area contributed by atoms with Crippen LogP contribution in [0, 0.1) is 11.8 Å². The van der Waals surface area contributed by atoms with Gasteiger partial charge in [-0.25, -0.2) is 4.98 Å². The van der Waals surface area contributed by atoms with Gasteiger partial charge in [-0.1, -0.05) is 30.3 Å². The van der Waals surface area contributed by atoms with Crippen molar-refractivity contribution in [3.8, 4) is 0 Å². The van der Waals surface area contributed by atoms with E-state index in [4.69, 9.17) is 4.74 Å². The molecule has 4 atom stereocenters. The smallest absolute Gasteiger partial charge is 0.123 e. The van der Waals surface area contributed by atoms with Crippen LogP contribution in [0.4, 0.5) is 0 Å². The summed E-state index contributed by atoms with van der Waals surface area (Å²) in [6.45, 7) is 4.24. The van der Waals surface area contributed by atoms with Crippen molar-refractivity contribution in [1.82, 2.24) is 14.5 Å². The summed E-state index contributed by atoms with van der Waals surface area (Å²) >= 11 is 0. The van der Waals surface area contributed by atoms with Crippen LogP contribution in [0.15, 0.2) is 42.7 Å². The molecule has 3 aliphatic rings. The molecular weight excluding hydrogens is 286 g/mol. The fourth-order valence-electron chi connectivity index (χ4n) is 4.79. The lowest BCUT2D eigenvalue weighted by atomic mass is 9.82. The minimum atomic E-state index is 0.541. The molecule has 1 aromatic heterocycles. The molecule has 23 heavy (non-hydrogen) atoms. The maximum atomic E-state index is 6.08. The van der Waals surface area contributed by atoms with Crippen LogP contribution in [0.25, 0.3) is 0 Å². The minimum Gasteiger partial charge on any atom is -0.374 e. The van der Waals surface area contributed by atoms with Crippen molar-refractivity contribution in [1.29, 1.82) is 0 Å². The summed E-state index contributed by atoms with van der Waals surface area (Å²) in [5.74, 6) is 2.72. The van der Waals surface area contributed by atoms with Gasteiger partial charge in [-0.3, -0.25) is 4.90 Å². The Morgan fingerprint density at radius 1 is 1.00 bits per heavy atom. The summed E-state index contributed by atoms with van der Waals surface area (Å²) in [7, 11) is 0. The summed E-state index contributed by atoms with van der Waals surface area (Å²) in [6.07, 6.45) is 7.68. The molecule has 3 fully saturated rings. The molecule has 0 radical (unpaired) electrons. The molecule has 4 heterocycles. The quantitative estimate of drug-likeness (QED) is 0.869. The number of fused-ring (bicyclic) bond motifs is 5. The average Bonchev–Trinajstić information content (AvgIpc) is 3.31. The Morgan fingerprint density at radius 3 is 2.48 bits per heavy atom. The molecule has 4 heteroatoms. The zero-order valence-electron chi connectivity index (χ0n) is 13.3. The van der Waals surface area contributed by atoms with Crippen LogP contribution in [-0.4, -0.2) is 39.7 Å². The Labute approximate surface area is 137 Å². The summed E-state index contributed by atoms with van der Waals surface area (Å²) < 4.78 is 8.36. The Balaban J connectivity index is 1.28. The van der Waals surface area contributed by atoms with Gasteiger partial charge in [0.1, 0.15) is 5.82 Å². The van der Waals surface area contributed by atoms with Gasteiger partial charge in [-0.05, 0) is 18.4 Å². The largest absolute Gasteiger partial charge is 0.374 e. The van der Waals surface area contributed by atoms with Crippen molar-refractivity contribution in [3.63, 3.8) is 0 Å². The number of hydrogen-bond acceptors (Lipinski definition) is 3. The molecule has 120 valence electrons. The third-order valence-electron chi connectivity index (χ3n) is 5.89. The van der Waals surface area contributed by atoms with E-state index in [0.29, 0.717) is 12.2 Å². The molecule has 5 rings (SSSR count). The van der Waals surface area contributed by atoms with E-state index in [1.54, 1.807) is 0 Å². The first-order chi connectivity index (χ1) is 11.4. The number of hydrogen-bond donors (Lipinski definition) is 0. The molecule has 3 saturated heterocycles. The molecule has 0 unspecified atom stereocenters. The first-order valence-electron chi connectivity index (χ1n) is 8.78. The highest BCUT2D eigenvalue weighted by Gasteiger charge is 2.52. The number of ether oxygens (including phenoxy) is 1. The van der Waals surface area contributed by atoms with E-state index in [1.807, 2.05) is 6.20 Å². The highest BCUT2D eigenvalue weighted by molar-refractivity contribution is 5.16. The van der Waals surface area contributed by atoms with E-state index >= 15 is 0 Å². The van der Waals surface area contributed by atoms with Gasteiger partial charge in [0.25, 0.3) is 0 Å². The summed E-state index contributed by atoms with van der Waals surface area (Å²) in [4.78, 5) is 7.20. The SMILES string of the molecule is c1ccc(Cn2ccnc2CN2C[C@@H]3[C@H](C2)[C@@H]2CC[C@@H]3O2)cc1. The number of nitrogens with zero attached hydrogens (tertiary/aromatic N) is 3. The minimum absolute atomic E-state index is 0.541. The normalized spacial score (nSPS) is 32.5. The Morgan fingerprint density at radius 2 is 1.74 bits per heavy atom. The van der Waals surface area contributed by atoms with Crippen molar-refractivity contribution in [2.45, 2.75) is 38.1 Å². The number of benzene rings is 1. The second-order valence-corrected chi connectivity index (χ2v) is 7.27. The van der Waals surface area contributed by atoms with E-state index in [1.165, 1.54) is 37.3 Å². The van der Waals surface area contributed by atoms with Gasteiger partial charge in [0.2, 0.25) is 0 Å². The molecule has 0 N–H and O–H groups in total. The summed E-state index contributed by atoms with van der Waals surface area (Å²) in [5.41, 5.74) is 1.33. The first kappa shape index (κ1) is 13.8. The Bertz CT molecular complexity index is 665. The van der Waals surface area contributed by atoms with Crippen molar-refractivity contribution in [2.24, 2.45) is 11.8 Å². The molecule has 4 nitrogen and oxygen atoms in total. The molecule has 2 aromatic rings. The lowest BCUT2D eigenvalue weighted by Gasteiger charge is -2.18. The van der Waals surface area contributed by atoms with E-state index in [0.717, 1.165) is 24.9 Å². The van der Waals surface area contributed by atoms with Crippen molar-refractivity contribution in [3.05, 3.63) is 54.1 Å². The highest BCUT2D eigenvalue weighted by atomic mass is 16.5. The van der Waals surface area contributed by atoms with E-state index in [9.17, 15) is 0 Å². The highest BCUT2D eigenvalue weighted by Crippen LogP contribution is 2.47. The van der Waals surface area contributed by atoms with Crippen molar-refractivity contribution in [2.75, 3.05) is 13.1 Å². The molecule has 3 aliphatic heterocycles. The second kappa shape index (κ2) is 5.46. The predicted octanol–water partition coefficient (Wildman–Crippen LogP) is 2.54. The van der Waals surface area contributed by atoms with E-state index in [2.05, 4.69) is 51.0 Å². The van der Waals surface area contributed by atoms with Crippen LogP contribution in [-0.2, 0) is 17.8 Å². The van der Waals surface area contributed by atoms with Crippen LogP contribution in [0.2, 0.25) is 0 Å². The Hall–Kier alpha value is -1.65. The maximum absolute atomic E-state index is 6.08. The van der Waals surface area contributed by atoms with Gasteiger partial charge in [-0.15, -0.1) is 0 Å². The molecule has 0 spiro atoms. The maximum Gasteiger partial charge on any atom is 0.123 e. The molecule has 0 saturated carbocycles.